The van der Waals surface area contributed by atoms with Gasteiger partial charge in [0.15, 0.2) is 0 Å². The van der Waals surface area contributed by atoms with Gasteiger partial charge >= 0.3 is 0 Å². The highest BCUT2D eigenvalue weighted by Gasteiger charge is 2.05. The number of unbranched alkanes of at least 4 members (excludes halogenated alkanes) is 1. The van der Waals surface area contributed by atoms with Crippen molar-refractivity contribution in [2.75, 3.05) is 11.5 Å². The van der Waals surface area contributed by atoms with Gasteiger partial charge in [-0.15, -0.1) is 0 Å². The van der Waals surface area contributed by atoms with Crippen molar-refractivity contribution < 1.29 is 4.21 Å². The highest BCUT2D eigenvalue weighted by Crippen LogP contribution is 2.05. The number of hydrogen-bond acceptors (Lipinski definition) is 2. The van der Waals surface area contributed by atoms with Crippen molar-refractivity contribution in [2.45, 2.75) is 52.5 Å². The van der Waals surface area contributed by atoms with Gasteiger partial charge in [-0.25, -0.2) is 0 Å². The molecule has 0 radical (unpaired) electrons. The van der Waals surface area contributed by atoms with Crippen molar-refractivity contribution in [1.29, 1.82) is 0 Å². The van der Waals surface area contributed by atoms with E-state index < -0.39 is 10.8 Å². The molecule has 2 N–H and O–H groups in total. The Balaban J connectivity index is 3.36. The molecule has 0 fully saturated rings. The molecular formula is C11H25NOS. The first-order valence-electron chi connectivity index (χ1n) is 5.66. The highest BCUT2D eigenvalue weighted by molar-refractivity contribution is 7.84. The SMILES string of the molecule is CCC(C)CS(=O)CCCCC(C)N. The first kappa shape index (κ1) is 14.1. The molecule has 0 saturated heterocycles. The van der Waals surface area contributed by atoms with E-state index in [0.29, 0.717) is 5.92 Å². The topological polar surface area (TPSA) is 43.1 Å². The van der Waals surface area contributed by atoms with Gasteiger partial charge < -0.3 is 5.73 Å². The van der Waals surface area contributed by atoms with Crippen molar-refractivity contribution in [3.8, 4) is 0 Å². The van der Waals surface area contributed by atoms with Crippen LogP contribution < -0.4 is 5.73 Å². The van der Waals surface area contributed by atoms with Crippen LogP contribution >= 0.6 is 0 Å². The molecule has 3 atom stereocenters. The lowest BCUT2D eigenvalue weighted by atomic mass is 10.2. The first-order chi connectivity index (χ1) is 6.56. The van der Waals surface area contributed by atoms with Gasteiger partial charge in [0.25, 0.3) is 0 Å². The average molecular weight is 219 g/mol. The van der Waals surface area contributed by atoms with Crippen molar-refractivity contribution in [3.63, 3.8) is 0 Å². The highest BCUT2D eigenvalue weighted by atomic mass is 32.2. The summed E-state index contributed by atoms with van der Waals surface area (Å²) in [5, 5.41) is 0. The predicted octanol–water partition coefficient (Wildman–Crippen LogP) is 2.30. The van der Waals surface area contributed by atoms with E-state index in [2.05, 4.69) is 13.8 Å². The zero-order valence-corrected chi connectivity index (χ0v) is 10.6. The molecule has 0 aromatic carbocycles. The van der Waals surface area contributed by atoms with Gasteiger partial charge in [0.2, 0.25) is 0 Å². The van der Waals surface area contributed by atoms with Crippen LogP contribution in [0.2, 0.25) is 0 Å². The average Bonchev–Trinajstić information content (AvgIpc) is 2.12. The molecular weight excluding hydrogens is 194 g/mol. The minimum Gasteiger partial charge on any atom is -0.328 e. The van der Waals surface area contributed by atoms with Gasteiger partial charge in [-0.1, -0.05) is 26.7 Å². The monoisotopic (exact) mass is 219 g/mol. The fraction of sp³-hybridized carbons (Fsp3) is 1.00. The maximum atomic E-state index is 11.5. The van der Waals surface area contributed by atoms with Crippen LogP contribution in [0.3, 0.4) is 0 Å². The van der Waals surface area contributed by atoms with Crippen LogP contribution in [0.15, 0.2) is 0 Å². The summed E-state index contributed by atoms with van der Waals surface area (Å²) in [5.74, 6) is 2.33. The molecule has 0 aromatic heterocycles. The van der Waals surface area contributed by atoms with Gasteiger partial charge in [-0.3, -0.25) is 4.21 Å². The van der Waals surface area contributed by atoms with Crippen LogP contribution in [-0.2, 0) is 10.8 Å². The molecule has 0 aromatic rings. The van der Waals surface area contributed by atoms with Gasteiger partial charge in [0.1, 0.15) is 0 Å². The van der Waals surface area contributed by atoms with E-state index in [9.17, 15) is 4.21 Å². The fourth-order valence-electron chi connectivity index (χ4n) is 1.25. The van der Waals surface area contributed by atoms with Crippen LogP contribution in [0.4, 0.5) is 0 Å². The van der Waals surface area contributed by atoms with E-state index in [4.69, 9.17) is 5.73 Å². The van der Waals surface area contributed by atoms with Crippen molar-refractivity contribution in [3.05, 3.63) is 0 Å². The molecule has 0 heterocycles. The molecule has 0 spiro atoms. The first-order valence-corrected chi connectivity index (χ1v) is 7.15. The molecule has 0 bridgehead atoms. The quantitative estimate of drug-likeness (QED) is 0.637. The van der Waals surface area contributed by atoms with E-state index >= 15 is 0 Å². The molecule has 0 aliphatic heterocycles. The molecule has 0 rings (SSSR count). The minimum atomic E-state index is -0.606. The lowest BCUT2D eigenvalue weighted by molar-refractivity contribution is 0.601. The zero-order chi connectivity index (χ0) is 11.0. The minimum absolute atomic E-state index is 0.290. The smallest absolute Gasteiger partial charge is 0.0260 e. The predicted molar refractivity (Wildman–Crippen MR) is 64.8 cm³/mol. The summed E-state index contributed by atoms with van der Waals surface area (Å²) in [6.45, 7) is 6.34. The molecule has 3 heteroatoms. The number of hydrogen-bond donors (Lipinski definition) is 1. The Morgan fingerprint density at radius 1 is 1.29 bits per heavy atom. The molecule has 0 aliphatic rings. The number of nitrogens with two attached hydrogens (primary N) is 1. The fourth-order valence-corrected chi connectivity index (χ4v) is 2.81. The van der Waals surface area contributed by atoms with Gasteiger partial charge in [-0.05, 0) is 25.7 Å². The van der Waals surface area contributed by atoms with Gasteiger partial charge in [-0.2, -0.15) is 0 Å². The second-order valence-corrected chi connectivity index (χ2v) is 5.92. The second-order valence-electron chi connectivity index (χ2n) is 4.30. The molecule has 86 valence electrons. The van der Waals surface area contributed by atoms with Crippen LogP contribution in [0.1, 0.15) is 46.5 Å². The van der Waals surface area contributed by atoms with Crippen molar-refractivity contribution in [2.24, 2.45) is 11.7 Å². The Morgan fingerprint density at radius 3 is 2.43 bits per heavy atom. The lowest BCUT2D eigenvalue weighted by Crippen LogP contribution is -2.15. The van der Waals surface area contributed by atoms with Crippen molar-refractivity contribution in [1.82, 2.24) is 0 Å². The maximum absolute atomic E-state index is 11.5. The zero-order valence-electron chi connectivity index (χ0n) is 9.79. The largest absolute Gasteiger partial charge is 0.328 e. The Bertz CT molecular complexity index is 159. The summed E-state index contributed by atoms with van der Waals surface area (Å²) < 4.78 is 11.5. The maximum Gasteiger partial charge on any atom is 0.0260 e. The van der Waals surface area contributed by atoms with Crippen LogP contribution in [-0.4, -0.2) is 21.8 Å². The van der Waals surface area contributed by atoms with E-state index in [-0.39, 0.29) is 6.04 Å². The van der Waals surface area contributed by atoms with E-state index in [1.54, 1.807) is 0 Å². The third kappa shape index (κ3) is 8.70. The molecule has 0 aliphatic carbocycles. The molecule has 3 unspecified atom stereocenters. The summed E-state index contributed by atoms with van der Waals surface area (Å²) in [7, 11) is -0.606. The Hall–Kier alpha value is 0.110. The van der Waals surface area contributed by atoms with Gasteiger partial charge in [0.05, 0.1) is 0 Å². The second kappa shape index (κ2) is 8.42. The van der Waals surface area contributed by atoms with Crippen LogP contribution in [0.25, 0.3) is 0 Å². The standard InChI is InChI=1S/C11H25NOS/c1-4-10(2)9-14(13)8-6-5-7-11(3)12/h10-11H,4-9,12H2,1-3H3. The third-order valence-electron chi connectivity index (χ3n) is 2.45. The number of rotatable bonds is 8. The summed E-state index contributed by atoms with van der Waals surface area (Å²) in [4.78, 5) is 0. The van der Waals surface area contributed by atoms with E-state index in [0.717, 1.165) is 37.2 Å². The molecule has 2 nitrogen and oxygen atoms in total. The Morgan fingerprint density at radius 2 is 1.93 bits per heavy atom. The Kier molecular flexibility index (Phi) is 8.49. The van der Waals surface area contributed by atoms with Crippen LogP contribution in [0.5, 0.6) is 0 Å². The summed E-state index contributed by atoms with van der Waals surface area (Å²) >= 11 is 0. The summed E-state index contributed by atoms with van der Waals surface area (Å²) in [5.41, 5.74) is 5.64. The van der Waals surface area contributed by atoms with Crippen LogP contribution in [0, 0.1) is 5.92 Å². The molecule has 0 amide bonds. The van der Waals surface area contributed by atoms with Crippen molar-refractivity contribution >= 4 is 10.8 Å². The lowest BCUT2D eigenvalue weighted by Gasteiger charge is -2.08. The molecule has 14 heavy (non-hydrogen) atoms. The summed E-state index contributed by atoms with van der Waals surface area (Å²) in [6, 6.07) is 0.290. The third-order valence-corrected chi connectivity index (χ3v) is 4.13. The molecule has 0 saturated carbocycles. The van der Waals surface area contributed by atoms with Gasteiger partial charge in [0, 0.05) is 28.3 Å². The Labute approximate surface area is 91.1 Å². The van der Waals surface area contributed by atoms with E-state index in [1.807, 2.05) is 6.92 Å². The normalized spacial score (nSPS) is 17.7. The van der Waals surface area contributed by atoms with E-state index in [1.165, 1.54) is 0 Å². The summed E-state index contributed by atoms with van der Waals surface area (Å²) in [6.07, 6.45) is 4.36.